The maximum Gasteiger partial charge on any atom is 0.222 e. The highest BCUT2D eigenvalue weighted by molar-refractivity contribution is 5.34. The van der Waals surface area contributed by atoms with Gasteiger partial charge in [-0.1, -0.05) is 60.7 Å². The molecule has 0 radical (unpaired) electrons. The van der Waals surface area contributed by atoms with Gasteiger partial charge in [-0.3, -0.25) is 0 Å². The second kappa shape index (κ2) is 5.75. The first-order valence-electron chi connectivity index (χ1n) is 6.98. The highest BCUT2D eigenvalue weighted by atomic mass is 16.7. The third-order valence-corrected chi connectivity index (χ3v) is 3.65. The third kappa shape index (κ3) is 2.36. The number of benzene rings is 2. The fraction of sp³-hybridized carbons (Fsp3) is 0.294. The summed E-state index contributed by atoms with van der Waals surface area (Å²) < 4.78 is 12.3. The topological polar surface area (TPSA) is 44.5 Å². The lowest BCUT2D eigenvalue weighted by atomic mass is 9.95. The number of hydrogen-bond donors (Lipinski definition) is 1. The fourth-order valence-corrected chi connectivity index (χ4v) is 2.61. The van der Waals surface area contributed by atoms with Crippen LogP contribution in [0.1, 0.15) is 17.5 Å². The van der Waals surface area contributed by atoms with Gasteiger partial charge in [-0.2, -0.15) is 0 Å². The Morgan fingerprint density at radius 1 is 0.950 bits per heavy atom. The van der Waals surface area contributed by atoms with Crippen LogP contribution in [-0.4, -0.2) is 19.3 Å². The Labute approximate surface area is 119 Å². The molecule has 1 saturated heterocycles. The van der Waals surface area contributed by atoms with E-state index in [2.05, 4.69) is 0 Å². The molecule has 2 aromatic carbocycles. The average molecular weight is 269 g/mol. The first kappa shape index (κ1) is 13.3. The normalized spacial score (nSPS) is 21.6. The first-order chi connectivity index (χ1) is 9.85. The van der Waals surface area contributed by atoms with Crippen molar-refractivity contribution in [3.63, 3.8) is 0 Å². The zero-order valence-corrected chi connectivity index (χ0v) is 11.4. The van der Waals surface area contributed by atoms with E-state index in [0.717, 1.165) is 17.5 Å². The summed E-state index contributed by atoms with van der Waals surface area (Å²) >= 11 is 0. The highest BCUT2D eigenvalue weighted by Crippen LogP contribution is 2.39. The Hall–Kier alpha value is -1.68. The van der Waals surface area contributed by atoms with Crippen LogP contribution in [-0.2, 0) is 15.3 Å². The van der Waals surface area contributed by atoms with Crippen LogP contribution in [0.5, 0.6) is 0 Å². The largest absolute Gasteiger partial charge is 0.342 e. The fourth-order valence-electron chi connectivity index (χ4n) is 2.61. The molecule has 1 atom stereocenters. The third-order valence-electron chi connectivity index (χ3n) is 3.65. The van der Waals surface area contributed by atoms with Gasteiger partial charge in [0.2, 0.25) is 5.79 Å². The van der Waals surface area contributed by atoms with Gasteiger partial charge >= 0.3 is 0 Å². The predicted molar refractivity (Wildman–Crippen MR) is 78.2 cm³/mol. The van der Waals surface area contributed by atoms with Crippen LogP contribution in [0.4, 0.5) is 0 Å². The molecule has 0 aliphatic carbocycles. The van der Waals surface area contributed by atoms with Crippen molar-refractivity contribution in [1.82, 2.24) is 0 Å². The van der Waals surface area contributed by atoms with Gasteiger partial charge in [0.25, 0.3) is 0 Å². The van der Waals surface area contributed by atoms with E-state index in [1.54, 1.807) is 0 Å². The summed E-state index contributed by atoms with van der Waals surface area (Å²) in [5.41, 5.74) is 7.81. The summed E-state index contributed by atoms with van der Waals surface area (Å²) in [5, 5.41) is 0. The van der Waals surface area contributed by atoms with Gasteiger partial charge in [0.05, 0.1) is 12.7 Å². The molecule has 3 nitrogen and oxygen atoms in total. The van der Waals surface area contributed by atoms with Gasteiger partial charge in [0.1, 0.15) is 0 Å². The molecule has 1 aliphatic rings. The van der Waals surface area contributed by atoms with Crippen molar-refractivity contribution in [1.29, 1.82) is 0 Å². The molecular formula is C17H19NO2. The number of nitrogens with two attached hydrogens (primary N) is 1. The molecule has 3 heteroatoms. The number of ether oxygens (including phenoxy) is 2. The van der Waals surface area contributed by atoms with Crippen molar-refractivity contribution < 1.29 is 9.47 Å². The predicted octanol–water partition coefficient (Wildman–Crippen LogP) is 2.65. The van der Waals surface area contributed by atoms with Crippen LogP contribution in [0.3, 0.4) is 0 Å². The maximum absolute atomic E-state index is 6.25. The van der Waals surface area contributed by atoms with E-state index in [-0.39, 0.29) is 6.10 Å². The van der Waals surface area contributed by atoms with Crippen molar-refractivity contribution >= 4 is 0 Å². The Balaban J connectivity index is 2.08. The molecule has 3 rings (SSSR count). The standard InChI is InChI=1S/C17H19NO2/c18-13-16-11-12-19-17(20-16,14-7-3-1-4-8-14)15-9-5-2-6-10-15/h1-10,16H,11-13,18H2/t16-/m0/s1. The number of hydrogen-bond acceptors (Lipinski definition) is 3. The molecule has 2 N–H and O–H groups in total. The SMILES string of the molecule is NC[C@@H]1CCOC(c2ccccc2)(c2ccccc2)O1. The van der Waals surface area contributed by atoms with Crippen molar-refractivity contribution in [2.24, 2.45) is 5.73 Å². The average Bonchev–Trinajstić information content (AvgIpc) is 2.56. The molecule has 0 spiro atoms. The van der Waals surface area contributed by atoms with E-state index in [4.69, 9.17) is 15.2 Å². The quantitative estimate of drug-likeness (QED) is 0.931. The Bertz CT molecular complexity index is 502. The highest BCUT2D eigenvalue weighted by Gasteiger charge is 2.41. The molecule has 1 heterocycles. The zero-order chi connectivity index (χ0) is 13.8. The van der Waals surface area contributed by atoms with E-state index in [1.807, 2.05) is 60.7 Å². The Morgan fingerprint density at radius 2 is 1.50 bits per heavy atom. The van der Waals surface area contributed by atoms with E-state index in [1.165, 1.54) is 0 Å². The second-order valence-electron chi connectivity index (χ2n) is 4.96. The van der Waals surface area contributed by atoms with E-state index >= 15 is 0 Å². The minimum Gasteiger partial charge on any atom is -0.342 e. The summed E-state index contributed by atoms with van der Waals surface area (Å²) in [6.45, 7) is 1.15. The smallest absolute Gasteiger partial charge is 0.222 e. The van der Waals surface area contributed by atoms with E-state index in [9.17, 15) is 0 Å². The first-order valence-corrected chi connectivity index (χ1v) is 6.98. The monoisotopic (exact) mass is 269 g/mol. The molecule has 2 aromatic rings. The van der Waals surface area contributed by atoms with Gasteiger partial charge in [0, 0.05) is 17.7 Å². The van der Waals surface area contributed by atoms with Crippen LogP contribution in [0.25, 0.3) is 0 Å². The lowest BCUT2D eigenvalue weighted by molar-refractivity contribution is -0.275. The van der Waals surface area contributed by atoms with Crippen molar-refractivity contribution in [3.8, 4) is 0 Å². The Kier molecular flexibility index (Phi) is 3.83. The minimum atomic E-state index is -0.842. The van der Waals surface area contributed by atoms with Crippen LogP contribution in [0.15, 0.2) is 60.7 Å². The van der Waals surface area contributed by atoms with Crippen molar-refractivity contribution in [3.05, 3.63) is 71.8 Å². The molecule has 104 valence electrons. The van der Waals surface area contributed by atoms with Gasteiger partial charge in [-0.05, 0) is 6.42 Å². The molecule has 0 amide bonds. The summed E-state index contributed by atoms with van der Waals surface area (Å²) in [4.78, 5) is 0. The second-order valence-corrected chi connectivity index (χ2v) is 4.96. The van der Waals surface area contributed by atoms with Crippen LogP contribution < -0.4 is 5.73 Å². The number of rotatable bonds is 3. The summed E-state index contributed by atoms with van der Waals surface area (Å²) in [7, 11) is 0. The zero-order valence-electron chi connectivity index (χ0n) is 11.4. The summed E-state index contributed by atoms with van der Waals surface area (Å²) in [6, 6.07) is 20.1. The molecular weight excluding hydrogens is 250 g/mol. The van der Waals surface area contributed by atoms with Gasteiger partial charge in [-0.25, -0.2) is 0 Å². The van der Waals surface area contributed by atoms with Crippen molar-refractivity contribution in [2.45, 2.75) is 18.3 Å². The van der Waals surface area contributed by atoms with Gasteiger partial charge in [-0.15, -0.1) is 0 Å². The van der Waals surface area contributed by atoms with Gasteiger partial charge in [0.15, 0.2) is 0 Å². The molecule has 0 aromatic heterocycles. The molecule has 0 saturated carbocycles. The molecule has 0 bridgehead atoms. The molecule has 1 fully saturated rings. The lowest BCUT2D eigenvalue weighted by Crippen LogP contribution is -2.45. The van der Waals surface area contributed by atoms with Crippen LogP contribution in [0.2, 0.25) is 0 Å². The van der Waals surface area contributed by atoms with E-state index in [0.29, 0.717) is 13.2 Å². The van der Waals surface area contributed by atoms with Crippen molar-refractivity contribution in [2.75, 3.05) is 13.2 Å². The molecule has 20 heavy (non-hydrogen) atoms. The summed E-state index contributed by atoms with van der Waals surface area (Å²) in [6.07, 6.45) is 0.849. The van der Waals surface area contributed by atoms with Crippen LogP contribution >= 0.6 is 0 Å². The van der Waals surface area contributed by atoms with Crippen LogP contribution in [0, 0.1) is 0 Å². The Morgan fingerprint density at radius 3 is 2.00 bits per heavy atom. The minimum absolute atomic E-state index is 0.0177. The maximum atomic E-state index is 6.25. The van der Waals surface area contributed by atoms with E-state index < -0.39 is 5.79 Å². The molecule has 0 unspecified atom stereocenters. The van der Waals surface area contributed by atoms with Gasteiger partial charge < -0.3 is 15.2 Å². The molecule has 1 aliphatic heterocycles. The lowest BCUT2D eigenvalue weighted by Gasteiger charge is -2.41. The summed E-state index contributed by atoms with van der Waals surface area (Å²) in [5.74, 6) is -0.842.